The number of carbonyl (C=O) groups excluding carboxylic acids is 1. The summed E-state index contributed by atoms with van der Waals surface area (Å²) >= 11 is 0. The molecule has 0 spiro atoms. The van der Waals surface area contributed by atoms with E-state index in [4.69, 9.17) is 5.73 Å². The molecule has 0 atom stereocenters. The number of carbonyl (C=O) groups is 1. The SMILES string of the molecule is CCCC(CCC)C(=O)NCC1(N)CCC1. The van der Waals surface area contributed by atoms with Crippen molar-refractivity contribution in [3.63, 3.8) is 0 Å². The molecule has 0 bridgehead atoms. The molecule has 0 saturated heterocycles. The van der Waals surface area contributed by atoms with Crippen molar-refractivity contribution in [1.82, 2.24) is 5.32 Å². The van der Waals surface area contributed by atoms with Gasteiger partial charge in [0.2, 0.25) is 5.91 Å². The first-order valence-electron chi connectivity index (χ1n) is 6.68. The molecule has 1 aliphatic rings. The minimum atomic E-state index is -0.0986. The smallest absolute Gasteiger partial charge is 0.223 e. The molecule has 1 aliphatic carbocycles. The Bertz CT molecular complexity index is 218. The average Bonchev–Trinajstić information content (AvgIpc) is 2.23. The maximum Gasteiger partial charge on any atom is 0.223 e. The van der Waals surface area contributed by atoms with Gasteiger partial charge in [0.25, 0.3) is 0 Å². The first-order chi connectivity index (χ1) is 7.61. The van der Waals surface area contributed by atoms with E-state index in [2.05, 4.69) is 19.2 Å². The Labute approximate surface area is 99.2 Å². The molecule has 0 unspecified atom stereocenters. The van der Waals surface area contributed by atoms with Crippen molar-refractivity contribution in [2.75, 3.05) is 6.54 Å². The molecule has 16 heavy (non-hydrogen) atoms. The fourth-order valence-corrected chi connectivity index (χ4v) is 2.32. The molecule has 1 amide bonds. The monoisotopic (exact) mass is 226 g/mol. The Morgan fingerprint density at radius 3 is 2.25 bits per heavy atom. The van der Waals surface area contributed by atoms with Gasteiger partial charge in [-0.25, -0.2) is 0 Å². The van der Waals surface area contributed by atoms with Gasteiger partial charge in [0, 0.05) is 18.0 Å². The molecule has 0 aromatic rings. The molecular formula is C13H26N2O. The minimum absolute atomic E-state index is 0.0986. The first-order valence-corrected chi connectivity index (χ1v) is 6.68. The van der Waals surface area contributed by atoms with Crippen molar-refractivity contribution >= 4 is 5.91 Å². The fourth-order valence-electron chi connectivity index (χ4n) is 2.32. The molecule has 1 fully saturated rings. The molecule has 1 rings (SSSR count). The molecule has 0 aromatic heterocycles. The van der Waals surface area contributed by atoms with Crippen LogP contribution < -0.4 is 11.1 Å². The van der Waals surface area contributed by atoms with Crippen LogP contribution in [0.15, 0.2) is 0 Å². The first kappa shape index (κ1) is 13.5. The van der Waals surface area contributed by atoms with Gasteiger partial charge in [-0.05, 0) is 32.1 Å². The highest BCUT2D eigenvalue weighted by Gasteiger charge is 2.33. The Balaban J connectivity index is 2.30. The summed E-state index contributed by atoms with van der Waals surface area (Å²) in [7, 11) is 0. The van der Waals surface area contributed by atoms with E-state index >= 15 is 0 Å². The molecule has 1 saturated carbocycles. The number of nitrogens with two attached hydrogens (primary N) is 1. The van der Waals surface area contributed by atoms with E-state index in [1.54, 1.807) is 0 Å². The minimum Gasteiger partial charge on any atom is -0.354 e. The molecule has 0 aromatic carbocycles. The van der Waals surface area contributed by atoms with Crippen molar-refractivity contribution < 1.29 is 4.79 Å². The summed E-state index contributed by atoms with van der Waals surface area (Å²) < 4.78 is 0. The van der Waals surface area contributed by atoms with Crippen molar-refractivity contribution in [3.8, 4) is 0 Å². The highest BCUT2D eigenvalue weighted by Crippen LogP contribution is 2.28. The average molecular weight is 226 g/mol. The predicted octanol–water partition coefficient (Wildman–Crippen LogP) is 2.20. The Hall–Kier alpha value is -0.570. The van der Waals surface area contributed by atoms with Crippen molar-refractivity contribution in [3.05, 3.63) is 0 Å². The molecular weight excluding hydrogens is 200 g/mol. The number of amides is 1. The van der Waals surface area contributed by atoms with E-state index in [0.29, 0.717) is 6.54 Å². The van der Waals surface area contributed by atoms with E-state index in [-0.39, 0.29) is 17.4 Å². The van der Waals surface area contributed by atoms with E-state index in [1.807, 2.05) is 0 Å². The summed E-state index contributed by atoms with van der Waals surface area (Å²) in [4.78, 5) is 11.9. The summed E-state index contributed by atoms with van der Waals surface area (Å²) in [6.07, 6.45) is 7.46. The van der Waals surface area contributed by atoms with Crippen LogP contribution in [0.5, 0.6) is 0 Å². The van der Waals surface area contributed by atoms with Crippen LogP contribution in [0.1, 0.15) is 58.8 Å². The maximum absolute atomic E-state index is 11.9. The summed E-state index contributed by atoms with van der Waals surface area (Å²) in [5, 5.41) is 3.03. The number of nitrogens with one attached hydrogen (secondary N) is 1. The Morgan fingerprint density at radius 2 is 1.88 bits per heavy atom. The highest BCUT2D eigenvalue weighted by molar-refractivity contribution is 5.78. The normalized spacial score (nSPS) is 18.2. The van der Waals surface area contributed by atoms with Crippen molar-refractivity contribution in [2.24, 2.45) is 11.7 Å². The molecule has 3 N–H and O–H groups in total. The van der Waals surface area contributed by atoms with Crippen molar-refractivity contribution in [2.45, 2.75) is 64.3 Å². The third-order valence-electron chi connectivity index (χ3n) is 3.61. The van der Waals surface area contributed by atoms with E-state index in [1.165, 1.54) is 6.42 Å². The van der Waals surface area contributed by atoms with Gasteiger partial charge in [-0.3, -0.25) is 4.79 Å². The van der Waals surface area contributed by atoms with Crippen LogP contribution in [-0.2, 0) is 4.79 Å². The summed E-state index contributed by atoms with van der Waals surface area (Å²) in [6.45, 7) is 4.92. The number of hydrogen-bond acceptors (Lipinski definition) is 2. The van der Waals surface area contributed by atoms with Gasteiger partial charge in [-0.15, -0.1) is 0 Å². The van der Waals surface area contributed by atoms with Gasteiger partial charge < -0.3 is 11.1 Å². The topological polar surface area (TPSA) is 55.1 Å². The fraction of sp³-hybridized carbons (Fsp3) is 0.923. The maximum atomic E-state index is 11.9. The van der Waals surface area contributed by atoms with E-state index in [9.17, 15) is 4.79 Å². The lowest BCUT2D eigenvalue weighted by atomic mass is 9.77. The van der Waals surface area contributed by atoms with Gasteiger partial charge in [0.15, 0.2) is 0 Å². The van der Waals surface area contributed by atoms with Gasteiger partial charge in [-0.1, -0.05) is 26.7 Å². The predicted molar refractivity (Wildman–Crippen MR) is 67.1 cm³/mol. The van der Waals surface area contributed by atoms with Crippen LogP contribution in [0, 0.1) is 5.92 Å². The summed E-state index contributed by atoms with van der Waals surface area (Å²) in [5.74, 6) is 0.402. The lowest BCUT2D eigenvalue weighted by molar-refractivity contribution is -0.125. The number of hydrogen-bond donors (Lipinski definition) is 2. The van der Waals surface area contributed by atoms with Gasteiger partial charge in [-0.2, -0.15) is 0 Å². The quantitative estimate of drug-likeness (QED) is 0.699. The molecule has 0 radical (unpaired) electrons. The molecule has 0 aliphatic heterocycles. The number of rotatable bonds is 7. The van der Waals surface area contributed by atoms with Crippen LogP contribution in [-0.4, -0.2) is 18.0 Å². The van der Waals surface area contributed by atoms with Gasteiger partial charge >= 0.3 is 0 Å². The molecule has 3 nitrogen and oxygen atoms in total. The zero-order valence-corrected chi connectivity index (χ0v) is 10.7. The Morgan fingerprint density at radius 1 is 1.31 bits per heavy atom. The second kappa shape index (κ2) is 6.24. The zero-order chi connectivity index (χ0) is 12.0. The van der Waals surface area contributed by atoms with Crippen LogP contribution in [0.2, 0.25) is 0 Å². The second-order valence-corrected chi connectivity index (χ2v) is 5.21. The molecule has 94 valence electrons. The third-order valence-corrected chi connectivity index (χ3v) is 3.61. The summed E-state index contributed by atoms with van der Waals surface area (Å²) in [5.41, 5.74) is 5.99. The van der Waals surface area contributed by atoms with E-state index in [0.717, 1.165) is 38.5 Å². The van der Waals surface area contributed by atoms with Gasteiger partial charge in [0.1, 0.15) is 0 Å². The third kappa shape index (κ3) is 3.78. The van der Waals surface area contributed by atoms with Crippen LogP contribution in [0.3, 0.4) is 0 Å². The molecule has 0 heterocycles. The largest absolute Gasteiger partial charge is 0.354 e. The van der Waals surface area contributed by atoms with Crippen LogP contribution >= 0.6 is 0 Å². The lowest BCUT2D eigenvalue weighted by Crippen LogP contribution is -2.55. The standard InChI is InChI=1S/C13H26N2O/c1-3-6-11(7-4-2)12(16)15-10-13(14)8-5-9-13/h11H,3-10,14H2,1-2H3,(H,15,16). The van der Waals surface area contributed by atoms with Crippen LogP contribution in [0.4, 0.5) is 0 Å². The lowest BCUT2D eigenvalue weighted by Gasteiger charge is -2.38. The second-order valence-electron chi connectivity index (χ2n) is 5.21. The Kier molecular flexibility index (Phi) is 5.26. The molecule has 3 heteroatoms. The zero-order valence-electron chi connectivity index (χ0n) is 10.7. The van der Waals surface area contributed by atoms with Crippen LogP contribution in [0.25, 0.3) is 0 Å². The van der Waals surface area contributed by atoms with Crippen molar-refractivity contribution in [1.29, 1.82) is 0 Å². The van der Waals surface area contributed by atoms with Gasteiger partial charge in [0.05, 0.1) is 0 Å². The highest BCUT2D eigenvalue weighted by atomic mass is 16.1. The van der Waals surface area contributed by atoms with E-state index < -0.39 is 0 Å². The summed E-state index contributed by atoms with van der Waals surface area (Å²) in [6, 6.07) is 0.